The molecule has 3 aliphatic carbocycles. The molecule has 2 heteroatoms. The van der Waals surface area contributed by atoms with Gasteiger partial charge in [-0.1, -0.05) is 12.8 Å². The van der Waals surface area contributed by atoms with Gasteiger partial charge in [-0.3, -0.25) is 4.79 Å². The smallest absolute Gasteiger partial charge is 0.139 e. The predicted octanol–water partition coefficient (Wildman–Crippen LogP) is 2.77. The fourth-order valence-corrected chi connectivity index (χ4v) is 5.29. The number of piperidine rings is 1. The summed E-state index contributed by atoms with van der Waals surface area (Å²) in [6.07, 6.45) is 10.5. The van der Waals surface area contributed by atoms with Crippen LogP contribution in [0.1, 0.15) is 51.4 Å². The van der Waals surface area contributed by atoms with Crippen molar-refractivity contribution in [1.29, 1.82) is 0 Å². The Hall–Kier alpha value is -0.370. The molecular weight excluding hydrogens is 222 g/mol. The minimum absolute atomic E-state index is 0.431. The van der Waals surface area contributed by atoms with Crippen molar-refractivity contribution in [3.63, 3.8) is 0 Å². The Bertz CT molecular complexity index is 346. The number of ketones is 1. The van der Waals surface area contributed by atoms with Gasteiger partial charge in [-0.2, -0.15) is 0 Å². The van der Waals surface area contributed by atoms with Crippen molar-refractivity contribution in [3.05, 3.63) is 0 Å². The van der Waals surface area contributed by atoms with Gasteiger partial charge in [0.25, 0.3) is 0 Å². The number of Topliss-reactive ketones (excluding diaryl/α,β-unsaturated/α-hetero) is 1. The van der Waals surface area contributed by atoms with Crippen molar-refractivity contribution >= 4 is 5.78 Å². The van der Waals surface area contributed by atoms with Crippen molar-refractivity contribution in [1.82, 2.24) is 5.32 Å². The lowest BCUT2D eigenvalue weighted by molar-refractivity contribution is -0.127. The first-order chi connectivity index (χ1) is 8.77. The van der Waals surface area contributed by atoms with Crippen LogP contribution in [0.25, 0.3) is 0 Å². The van der Waals surface area contributed by atoms with Crippen LogP contribution in [-0.4, -0.2) is 18.9 Å². The molecule has 100 valence electrons. The molecule has 1 spiro atoms. The monoisotopic (exact) mass is 247 g/mol. The SMILES string of the molecule is O=C(C1CC2CNCC(C2)C1)C1CC12CCCC2. The van der Waals surface area contributed by atoms with Crippen LogP contribution >= 0.6 is 0 Å². The van der Waals surface area contributed by atoms with Crippen LogP contribution in [0.15, 0.2) is 0 Å². The molecule has 4 rings (SSSR count). The molecule has 1 aliphatic heterocycles. The molecule has 3 saturated carbocycles. The third-order valence-corrected chi connectivity index (χ3v) is 6.30. The Morgan fingerprint density at radius 3 is 2.33 bits per heavy atom. The molecule has 4 aliphatic rings. The van der Waals surface area contributed by atoms with Crippen molar-refractivity contribution in [2.24, 2.45) is 29.1 Å². The zero-order valence-corrected chi connectivity index (χ0v) is 11.3. The molecule has 0 aromatic carbocycles. The minimum atomic E-state index is 0.431. The highest BCUT2D eigenvalue weighted by molar-refractivity contribution is 5.87. The van der Waals surface area contributed by atoms with Crippen LogP contribution in [0.3, 0.4) is 0 Å². The lowest BCUT2D eigenvalue weighted by Crippen LogP contribution is -2.43. The van der Waals surface area contributed by atoms with Gasteiger partial charge in [-0.25, -0.2) is 0 Å². The van der Waals surface area contributed by atoms with E-state index < -0.39 is 0 Å². The quantitative estimate of drug-likeness (QED) is 0.813. The van der Waals surface area contributed by atoms with Crippen molar-refractivity contribution in [2.45, 2.75) is 51.4 Å². The first-order valence-corrected chi connectivity index (χ1v) is 8.01. The average molecular weight is 247 g/mol. The summed E-state index contributed by atoms with van der Waals surface area (Å²) in [5.74, 6) is 3.18. The molecule has 0 radical (unpaired) electrons. The van der Waals surface area contributed by atoms with E-state index in [1.807, 2.05) is 0 Å². The van der Waals surface area contributed by atoms with Crippen LogP contribution in [-0.2, 0) is 4.79 Å². The highest BCUT2D eigenvalue weighted by Crippen LogP contribution is 2.64. The number of nitrogens with one attached hydrogen (secondary N) is 1. The summed E-state index contributed by atoms with van der Waals surface area (Å²) in [4.78, 5) is 12.7. The molecule has 3 atom stereocenters. The number of hydrogen-bond donors (Lipinski definition) is 1. The molecule has 2 nitrogen and oxygen atoms in total. The van der Waals surface area contributed by atoms with Crippen molar-refractivity contribution in [2.75, 3.05) is 13.1 Å². The van der Waals surface area contributed by atoms with E-state index in [1.165, 1.54) is 51.4 Å². The molecular formula is C16H25NO. The van der Waals surface area contributed by atoms with Crippen LogP contribution in [0.2, 0.25) is 0 Å². The lowest BCUT2D eigenvalue weighted by atomic mass is 9.70. The molecule has 0 aromatic heterocycles. The van der Waals surface area contributed by atoms with Gasteiger partial charge in [0, 0.05) is 11.8 Å². The molecule has 4 fully saturated rings. The van der Waals surface area contributed by atoms with Crippen LogP contribution < -0.4 is 5.32 Å². The second-order valence-electron chi connectivity index (χ2n) is 7.52. The van der Waals surface area contributed by atoms with E-state index in [-0.39, 0.29) is 0 Å². The van der Waals surface area contributed by atoms with E-state index in [0.717, 1.165) is 24.9 Å². The van der Waals surface area contributed by atoms with Gasteiger partial charge >= 0.3 is 0 Å². The minimum Gasteiger partial charge on any atom is -0.316 e. The maximum absolute atomic E-state index is 12.7. The number of carbonyl (C=O) groups is 1. The highest BCUT2D eigenvalue weighted by atomic mass is 16.1. The summed E-state index contributed by atoms with van der Waals surface area (Å²) < 4.78 is 0. The van der Waals surface area contributed by atoms with Gasteiger partial charge in [-0.05, 0) is 68.9 Å². The predicted molar refractivity (Wildman–Crippen MR) is 71.2 cm³/mol. The van der Waals surface area contributed by atoms with E-state index in [0.29, 0.717) is 23.0 Å². The molecule has 0 amide bonds. The van der Waals surface area contributed by atoms with Crippen molar-refractivity contribution < 1.29 is 4.79 Å². The molecule has 2 bridgehead atoms. The maximum atomic E-state index is 12.7. The first-order valence-electron chi connectivity index (χ1n) is 8.01. The summed E-state index contributed by atoms with van der Waals surface area (Å²) in [6, 6.07) is 0. The Balaban J connectivity index is 1.43. The van der Waals surface area contributed by atoms with Gasteiger partial charge < -0.3 is 5.32 Å². The summed E-state index contributed by atoms with van der Waals surface area (Å²) in [6.45, 7) is 2.33. The second-order valence-corrected chi connectivity index (χ2v) is 7.52. The third-order valence-electron chi connectivity index (χ3n) is 6.30. The van der Waals surface area contributed by atoms with Gasteiger partial charge in [0.1, 0.15) is 5.78 Å². The van der Waals surface area contributed by atoms with Gasteiger partial charge in [0.05, 0.1) is 0 Å². The first kappa shape index (κ1) is 11.5. The molecule has 0 aromatic rings. The Labute approximate surface area is 110 Å². The molecule has 18 heavy (non-hydrogen) atoms. The zero-order valence-electron chi connectivity index (χ0n) is 11.3. The number of carbonyl (C=O) groups excluding carboxylic acids is 1. The van der Waals surface area contributed by atoms with Gasteiger partial charge in [-0.15, -0.1) is 0 Å². The van der Waals surface area contributed by atoms with Gasteiger partial charge in [0.15, 0.2) is 0 Å². The van der Waals surface area contributed by atoms with E-state index in [9.17, 15) is 4.79 Å². The topological polar surface area (TPSA) is 29.1 Å². The van der Waals surface area contributed by atoms with Crippen molar-refractivity contribution in [3.8, 4) is 0 Å². The van der Waals surface area contributed by atoms with E-state index >= 15 is 0 Å². The highest BCUT2D eigenvalue weighted by Gasteiger charge is 2.59. The Morgan fingerprint density at radius 1 is 1.00 bits per heavy atom. The molecule has 3 unspecified atom stereocenters. The third kappa shape index (κ3) is 1.76. The maximum Gasteiger partial charge on any atom is 0.139 e. The average Bonchev–Trinajstić information content (AvgIpc) is 2.85. The Morgan fingerprint density at radius 2 is 1.67 bits per heavy atom. The summed E-state index contributed by atoms with van der Waals surface area (Å²) in [5, 5.41) is 3.53. The van der Waals surface area contributed by atoms with E-state index in [2.05, 4.69) is 5.32 Å². The zero-order chi connectivity index (χ0) is 12.2. The van der Waals surface area contributed by atoms with E-state index in [1.54, 1.807) is 0 Å². The summed E-state index contributed by atoms with van der Waals surface area (Å²) >= 11 is 0. The van der Waals surface area contributed by atoms with Crippen LogP contribution in [0.5, 0.6) is 0 Å². The number of rotatable bonds is 2. The normalized spacial score (nSPS) is 45.1. The summed E-state index contributed by atoms with van der Waals surface area (Å²) in [7, 11) is 0. The largest absolute Gasteiger partial charge is 0.316 e. The lowest BCUT2D eigenvalue weighted by Gasteiger charge is -2.39. The second kappa shape index (κ2) is 4.06. The van der Waals surface area contributed by atoms with Crippen LogP contribution in [0.4, 0.5) is 0 Å². The molecule has 1 heterocycles. The van der Waals surface area contributed by atoms with E-state index in [4.69, 9.17) is 0 Å². The fraction of sp³-hybridized carbons (Fsp3) is 0.938. The Kier molecular flexibility index (Phi) is 2.58. The standard InChI is InChI=1S/C16H25NO/c18-15(14-8-16(14)3-1-2-4-16)13-6-11-5-12(7-13)10-17-9-11/h11-14,17H,1-10H2. The molecule has 1 N–H and O–H groups in total. The number of fused-ring (bicyclic) bond motifs is 2. The fourth-order valence-electron chi connectivity index (χ4n) is 5.29. The van der Waals surface area contributed by atoms with Gasteiger partial charge in [0.2, 0.25) is 0 Å². The van der Waals surface area contributed by atoms with Crippen LogP contribution in [0, 0.1) is 29.1 Å². The summed E-state index contributed by atoms with van der Waals surface area (Å²) in [5.41, 5.74) is 0.516. The number of hydrogen-bond acceptors (Lipinski definition) is 2. The molecule has 1 saturated heterocycles.